The lowest BCUT2D eigenvalue weighted by atomic mass is 9.95. The van der Waals surface area contributed by atoms with E-state index in [4.69, 9.17) is 15.7 Å². The van der Waals surface area contributed by atoms with Gasteiger partial charge in [-0.3, -0.25) is 4.79 Å². The van der Waals surface area contributed by atoms with Gasteiger partial charge < -0.3 is 15.8 Å². The molecule has 0 atom stereocenters. The van der Waals surface area contributed by atoms with E-state index in [1.54, 1.807) is 6.92 Å². The quantitative estimate of drug-likeness (QED) is 0.417. The molecule has 0 fully saturated rings. The zero-order chi connectivity index (χ0) is 20.1. The number of nitrogens with zero attached hydrogens (tertiary/aromatic N) is 3. The smallest absolute Gasteiger partial charge is 0.341 e. The van der Waals surface area contributed by atoms with Crippen molar-refractivity contribution in [3.8, 4) is 6.07 Å². The van der Waals surface area contributed by atoms with Crippen molar-refractivity contribution < 1.29 is 14.3 Å². The van der Waals surface area contributed by atoms with Gasteiger partial charge in [0.2, 0.25) is 5.91 Å². The predicted octanol–water partition coefficient (Wildman–Crippen LogP) is 2.78. The highest BCUT2D eigenvalue weighted by atomic mass is 32.2. The maximum Gasteiger partial charge on any atom is 0.341 e. The van der Waals surface area contributed by atoms with E-state index >= 15 is 0 Å². The number of aryl methyl sites for hydroxylation is 1. The molecule has 0 saturated heterocycles. The minimum atomic E-state index is -0.395. The largest absolute Gasteiger partial charge is 0.462 e. The first kappa shape index (κ1) is 20.1. The molecule has 1 amide bonds. The first-order valence-electron chi connectivity index (χ1n) is 8.80. The number of fused-ring (bicyclic) bond motifs is 1. The lowest BCUT2D eigenvalue weighted by Crippen LogP contribution is -2.17. The Morgan fingerprint density at radius 1 is 1.43 bits per heavy atom. The summed E-state index contributed by atoms with van der Waals surface area (Å²) in [6.07, 6.45) is 5.17. The predicted molar refractivity (Wildman–Crippen MR) is 107 cm³/mol. The Kier molecular flexibility index (Phi) is 6.49. The van der Waals surface area contributed by atoms with Crippen molar-refractivity contribution in [1.29, 1.82) is 5.26 Å². The van der Waals surface area contributed by atoms with Crippen molar-refractivity contribution in [3.63, 3.8) is 0 Å². The number of esters is 1. The summed E-state index contributed by atoms with van der Waals surface area (Å²) in [5.74, 6) is -0.541. The van der Waals surface area contributed by atoms with Gasteiger partial charge in [-0.05, 0) is 38.2 Å². The Morgan fingerprint density at radius 2 is 2.21 bits per heavy atom. The van der Waals surface area contributed by atoms with E-state index in [1.807, 2.05) is 6.07 Å². The molecular weight excluding hydrogens is 398 g/mol. The number of nitrogens with two attached hydrogens (primary N) is 1. The Bertz CT molecular complexity index is 951. The molecule has 0 aromatic carbocycles. The number of aromatic nitrogens is 2. The second kappa shape index (κ2) is 9.03. The standard InChI is InChI=1S/C18H19N5O3S2/c1-2-26-17(25)14-11-5-3-4-6-12(11)28-16(14)22-13(24)9-27-18-21-8-10(7-19)15(20)23-18/h8H,2-6,9H2,1H3,(H,22,24)(H2,20,21,23). The van der Waals surface area contributed by atoms with E-state index in [0.29, 0.717) is 15.7 Å². The summed E-state index contributed by atoms with van der Waals surface area (Å²) >= 11 is 2.55. The maximum atomic E-state index is 12.4. The van der Waals surface area contributed by atoms with Crippen LogP contribution in [-0.4, -0.2) is 34.2 Å². The van der Waals surface area contributed by atoms with Crippen LogP contribution in [0.15, 0.2) is 11.4 Å². The van der Waals surface area contributed by atoms with Crippen molar-refractivity contribution in [2.24, 2.45) is 0 Å². The summed E-state index contributed by atoms with van der Waals surface area (Å²) in [5, 5.41) is 12.5. The number of nitrogen functional groups attached to an aromatic ring is 1. The lowest BCUT2D eigenvalue weighted by Gasteiger charge is -2.12. The monoisotopic (exact) mass is 417 g/mol. The van der Waals surface area contributed by atoms with E-state index in [1.165, 1.54) is 17.5 Å². The molecule has 2 aromatic heterocycles. The number of hydrogen-bond acceptors (Lipinski definition) is 9. The van der Waals surface area contributed by atoms with Crippen LogP contribution >= 0.6 is 23.1 Å². The number of carbonyl (C=O) groups is 2. The molecule has 0 radical (unpaired) electrons. The van der Waals surface area contributed by atoms with Gasteiger partial charge in [0.15, 0.2) is 5.16 Å². The summed E-state index contributed by atoms with van der Waals surface area (Å²) in [6.45, 7) is 2.04. The third-order valence-electron chi connectivity index (χ3n) is 4.15. The van der Waals surface area contributed by atoms with Gasteiger partial charge in [-0.2, -0.15) is 5.26 Å². The van der Waals surface area contributed by atoms with E-state index in [-0.39, 0.29) is 29.6 Å². The highest BCUT2D eigenvalue weighted by Crippen LogP contribution is 2.38. The summed E-state index contributed by atoms with van der Waals surface area (Å²) in [4.78, 5) is 34.0. The third-order valence-corrected chi connectivity index (χ3v) is 6.22. The van der Waals surface area contributed by atoms with Gasteiger partial charge in [0, 0.05) is 4.88 Å². The molecule has 0 unspecified atom stereocenters. The number of thiophene rings is 1. The highest BCUT2D eigenvalue weighted by Gasteiger charge is 2.27. The molecule has 0 spiro atoms. The van der Waals surface area contributed by atoms with Gasteiger partial charge >= 0.3 is 5.97 Å². The number of hydrogen-bond donors (Lipinski definition) is 2. The highest BCUT2D eigenvalue weighted by molar-refractivity contribution is 7.99. The van der Waals surface area contributed by atoms with E-state index < -0.39 is 5.97 Å². The number of nitrogens with one attached hydrogen (secondary N) is 1. The average molecular weight is 418 g/mol. The number of ether oxygens (including phenoxy) is 1. The van der Waals surface area contributed by atoms with Crippen molar-refractivity contribution in [1.82, 2.24) is 9.97 Å². The number of amides is 1. The zero-order valence-corrected chi connectivity index (χ0v) is 16.9. The second-order valence-electron chi connectivity index (χ2n) is 6.04. The molecule has 3 rings (SSSR count). The van der Waals surface area contributed by atoms with Crippen molar-refractivity contribution in [2.75, 3.05) is 23.4 Å². The molecule has 1 aliphatic carbocycles. The summed E-state index contributed by atoms with van der Waals surface area (Å²) in [6, 6.07) is 1.89. The summed E-state index contributed by atoms with van der Waals surface area (Å²) in [7, 11) is 0. The van der Waals surface area contributed by atoms with Crippen LogP contribution in [0, 0.1) is 11.3 Å². The minimum absolute atomic E-state index is 0.0518. The van der Waals surface area contributed by atoms with E-state index in [0.717, 1.165) is 47.9 Å². The Hall–Kier alpha value is -2.64. The normalized spacial score (nSPS) is 12.7. The number of carbonyl (C=O) groups excluding carboxylic acids is 2. The number of thioether (sulfide) groups is 1. The molecular formula is C18H19N5O3S2. The van der Waals surface area contributed by atoms with Gasteiger partial charge in [0.05, 0.1) is 24.1 Å². The number of nitriles is 1. The molecule has 3 N–H and O–H groups in total. The SMILES string of the molecule is CCOC(=O)c1c(NC(=O)CSc2ncc(C#N)c(N)n2)sc2c1CCCC2. The number of anilines is 2. The fraction of sp³-hybridized carbons (Fsp3) is 0.389. The molecule has 8 nitrogen and oxygen atoms in total. The average Bonchev–Trinajstić information content (AvgIpc) is 3.04. The fourth-order valence-electron chi connectivity index (χ4n) is 2.90. The fourth-order valence-corrected chi connectivity index (χ4v) is 4.82. The molecule has 2 aromatic rings. The van der Waals surface area contributed by atoms with Gasteiger partial charge in [-0.25, -0.2) is 14.8 Å². The zero-order valence-electron chi connectivity index (χ0n) is 15.3. The van der Waals surface area contributed by atoms with Gasteiger partial charge in [-0.1, -0.05) is 11.8 Å². The Morgan fingerprint density at radius 3 is 2.93 bits per heavy atom. The molecule has 0 saturated carbocycles. The van der Waals surface area contributed by atoms with Crippen LogP contribution in [0.4, 0.5) is 10.8 Å². The minimum Gasteiger partial charge on any atom is -0.462 e. The maximum absolute atomic E-state index is 12.4. The molecule has 0 aliphatic heterocycles. The molecule has 10 heteroatoms. The Balaban J connectivity index is 1.71. The lowest BCUT2D eigenvalue weighted by molar-refractivity contribution is -0.113. The number of rotatable bonds is 6. The summed E-state index contributed by atoms with van der Waals surface area (Å²) < 4.78 is 5.19. The van der Waals surface area contributed by atoms with Crippen LogP contribution in [0.3, 0.4) is 0 Å². The molecule has 1 aliphatic rings. The van der Waals surface area contributed by atoms with Crippen molar-refractivity contribution >= 4 is 45.8 Å². The molecule has 146 valence electrons. The van der Waals surface area contributed by atoms with E-state index in [9.17, 15) is 9.59 Å². The van der Waals surface area contributed by atoms with Gasteiger partial charge in [0.1, 0.15) is 22.5 Å². The topological polar surface area (TPSA) is 131 Å². The van der Waals surface area contributed by atoms with Crippen LogP contribution in [-0.2, 0) is 22.4 Å². The van der Waals surface area contributed by atoms with Crippen LogP contribution in [0.25, 0.3) is 0 Å². The van der Waals surface area contributed by atoms with Crippen molar-refractivity contribution in [3.05, 3.63) is 27.8 Å². The van der Waals surface area contributed by atoms with Crippen LogP contribution in [0.2, 0.25) is 0 Å². The molecule has 2 heterocycles. The van der Waals surface area contributed by atoms with Gasteiger partial charge in [0.25, 0.3) is 0 Å². The van der Waals surface area contributed by atoms with Crippen LogP contribution in [0.5, 0.6) is 0 Å². The van der Waals surface area contributed by atoms with Crippen LogP contribution in [0.1, 0.15) is 46.1 Å². The Labute approximate surface area is 170 Å². The first-order chi connectivity index (χ1) is 13.5. The van der Waals surface area contributed by atoms with Gasteiger partial charge in [-0.15, -0.1) is 11.3 Å². The van der Waals surface area contributed by atoms with Crippen molar-refractivity contribution in [2.45, 2.75) is 37.8 Å². The van der Waals surface area contributed by atoms with Crippen LogP contribution < -0.4 is 11.1 Å². The third kappa shape index (κ3) is 4.43. The first-order valence-corrected chi connectivity index (χ1v) is 10.6. The van der Waals surface area contributed by atoms with E-state index in [2.05, 4.69) is 15.3 Å². The second-order valence-corrected chi connectivity index (χ2v) is 8.08. The summed E-state index contributed by atoms with van der Waals surface area (Å²) in [5.41, 5.74) is 7.34. The molecule has 0 bridgehead atoms. The molecule has 28 heavy (non-hydrogen) atoms.